The average molecular weight is 208 g/mol. The van der Waals surface area contributed by atoms with Gasteiger partial charge in [-0.3, -0.25) is 4.79 Å². The van der Waals surface area contributed by atoms with Crippen LogP contribution >= 0.6 is 11.3 Å². The van der Waals surface area contributed by atoms with E-state index in [4.69, 9.17) is 5.73 Å². The third kappa shape index (κ3) is 2.95. The number of nitrogens with two attached hydrogens (primary N) is 1. The predicted octanol–water partition coefficient (Wildman–Crippen LogP) is 1.59. The van der Waals surface area contributed by atoms with Crippen molar-refractivity contribution in [3.8, 4) is 11.8 Å². The number of ketones is 1. The van der Waals surface area contributed by atoms with Gasteiger partial charge in [-0.05, 0) is 6.92 Å². The minimum atomic E-state index is 0.0451. The van der Waals surface area contributed by atoms with Crippen molar-refractivity contribution in [2.24, 2.45) is 5.73 Å². The summed E-state index contributed by atoms with van der Waals surface area (Å²) in [6.07, 6.45) is 1.04. The van der Waals surface area contributed by atoms with Crippen molar-refractivity contribution in [3.63, 3.8) is 0 Å². The monoisotopic (exact) mass is 208 g/mol. The van der Waals surface area contributed by atoms with Crippen molar-refractivity contribution >= 4 is 17.1 Å². The molecule has 0 aliphatic heterocycles. The first-order valence-corrected chi connectivity index (χ1v) is 5.23. The first-order chi connectivity index (χ1) is 6.77. The summed E-state index contributed by atoms with van der Waals surface area (Å²) in [6, 6.07) is 0. The number of hydrogen-bond acceptors (Lipinski definition) is 4. The fourth-order valence-corrected chi connectivity index (χ4v) is 1.64. The molecule has 0 spiro atoms. The Morgan fingerprint density at radius 3 is 3.07 bits per heavy atom. The number of rotatable bonds is 4. The van der Waals surface area contributed by atoms with Crippen LogP contribution in [0.4, 0.5) is 0 Å². The van der Waals surface area contributed by atoms with E-state index in [0.29, 0.717) is 25.1 Å². The van der Waals surface area contributed by atoms with Crippen LogP contribution in [0.25, 0.3) is 0 Å². The van der Waals surface area contributed by atoms with Crippen LogP contribution in [-0.2, 0) is 6.54 Å². The van der Waals surface area contributed by atoms with Crippen molar-refractivity contribution in [1.82, 2.24) is 4.98 Å². The molecule has 0 radical (unpaired) electrons. The van der Waals surface area contributed by atoms with Gasteiger partial charge in [-0.2, -0.15) is 0 Å². The summed E-state index contributed by atoms with van der Waals surface area (Å²) in [5, 5.41) is 2.55. The first kappa shape index (κ1) is 10.9. The lowest BCUT2D eigenvalue weighted by Crippen LogP contribution is -2.01. The van der Waals surface area contributed by atoms with E-state index < -0.39 is 0 Å². The number of aromatic nitrogens is 1. The van der Waals surface area contributed by atoms with Gasteiger partial charge in [-0.1, -0.05) is 0 Å². The Bertz CT molecular complexity index is 373. The minimum Gasteiger partial charge on any atom is -0.325 e. The molecule has 0 saturated heterocycles. The number of thiazole rings is 1. The lowest BCUT2D eigenvalue weighted by Gasteiger charge is -1.91. The largest absolute Gasteiger partial charge is 0.325 e. The molecule has 0 atom stereocenters. The van der Waals surface area contributed by atoms with Crippen LogP contribution in [0, 0.1) is 11.8 Å². The molecular weight excluding hydrogens is 196 g/mol. The third-order valence-corrected chi connectivity index (χ3v) is 2.54. The van der Waals surface area contributed by atoms with Crippen LogP contribution in [0.5, 0.6) is 0 Å². The zero-order valence-electron chi connectivity index (χ0n) is 8.04. The average Bonchev–Trinajstić information content (AvgIpc) is 2.66. The number of carbonyl (C=O) groups excluding carboxylic acids is 1. The van der Waals surface area contributed by atoms with E-state index >= 15 is 0 Å². The molecule has 1 heterocycles. The SMILES string of the molecule is CC#CCCC(=O)c1csc(CN)n1. The van der Waals surface area contributed by atoms with Gasteiger partial charge in [-0.15, -0.1) is 23.2 Å². The van der Waals surface area contributed by atoms with Gasteiger partial charge >= 0.3 is 0 Å². The molecule has 3 nitrogen and oxygen atoms in total. The normalized spacial score (nSPS) is 9.29. The summed E-state index contributed by atoms with van der Waals surface area (Å²) in [6.45, 7) is 2.16. The van der Waals surface area contributed by atoms with Crippen molar-refractivity contribution in [1.29, 1.82) is 0 Å². The quantitative estimate of drug-likeness (QED) is 0.604. The highest BCUT2D eigenvalue weighted by Gasteiger charge is 2.08. The maximum atomic E-state index is 11.5. The summed E-state index contributed by atoms with van der Waals surface area (Å²) in [7, 11) is 0. The molecule has 0 aliphatic rings. The predicted molar refractivity (Wildman–Crippen MR) is 57.0 cm³/mol. The Hall–Kier alpha value is -1.18. The molecular formula is C10H12N2OS. The van der Waals surface area contributed by atoms with Gasteiger partial charge in [0.15, 0.2) is 5.78 Å². The van der Waals surface area contributed by atoms with E-state index in [2.05, 4.69) is 16.8 Å². The molecule has 74 valence electrons. The molecule has 0 saturated carbocycles. The van der Waals surface area contributed by atoms with Crippen LogP contribution in [0.15, 0.2) is 5.38 Å². The second-order valence-electron chi connectivity index (χ2n) is 2.68. The van der Waals surface area contributed by atoms with E-state index in [1.165, 1.54) is 11.3 Å². The smallest absolute Gasteiger partial charge is 0.182 e. The molecule has 1 aromatic rings. The molecule has 1 rings (SSSR count). The maximum Gasteiger partial charge on any atom is 0.182 e. The Morgan fingerprint density at radius 1 is 1.71 bits per heavy atom. The highest BCUT2D eigenvalue weighted by Crippen LogP contribution is 2.11. The van der Waals surface area contributed by atoms with E-state index in [9.17, 15) is 4.79 Å². The summed E-state index contributed by atoms with van der Waals surface area (Å²) in [5.74, 6) is 5.65. The van der Waals surface area contributed by atoms with Crippen LogP contribution in [0.3, 0.4) is 0 Å². The second-order valence-corrected chi connectivity index (χ2v) is 3.62. The number of hydrogen-bond donors (Lipinski definition) is 1. The van der Waals surface area contributed by atoms with Gasteiger partial charge in [0.2, 0.25) is 0 Å². The third-order valence-electron chi connectivity index (χ3n) is 1.67. The minimum absolute atomic E-state index is 0.0451. The lowest BCUT2D eigenvalue weighted by atomic mass is 10.2. The molecule has 0 aromatic carbocycles. The molecule has 0 aliphatic carbocycles. The van der Waals surface area contributed by atoms with Crippen LogP contribution in [-0.4, -0.2) is 10.8 Å². The topological polar surface area (TPSA) is 56.0 Å². The summed E-state index contributed by atoms with van der Waals surface area (Å²) >= 11 is 1.42. The highest BCUT2D eigenvalue weighted by molar-refractivity contribution is 7.09. The van der Waals surface area contributed by atoms with Crippen LogP contribution in [0.1, 0.15) is 35.3 Å². The highest BCUT2D eigenvalue weighted by atomic mass is 32.1. The van der Waals surface area contributed by atoms with Gasteiger partial charge < -0.3 is 5.73 Å². The number of carbonyl (C=O) groups is 1. The molecule has 0 bridgehead atoms. The molecule has 0 fully saturated rings. The summed E-state index contributed by atoms with van der Waals surface area (Å²) in [4.78, 5) is 15.6. The van der Waals surface area contributed by atoms with E-state index in [0.717, 1.165) is 5.01 Å². The van der Waals surface area contributed by atoms with Gasteiger partial charge in [0.1, 0.15) is 10.7 Å². The zero-order chi connectivity index (χ0) is 10.4. The standard InChI is InChI=1S/C10H12N2OS/c1-2-3-4-5-9(13)8-7-14-10(6-11)12-8/h7H,4-6,11H2,1H3. The number of nitrogens with zero attached hydrogens (tertiary/aromatic N) is 1. The zero-order valence-corrected chi connectivity index (χ0v) is 8.86. The maximum absolute atomic E-state index is 11.5. The van der Waals surface area contributed by atoms with Gasteiger partial charge in [0.05, 0.1) is 0 Å². The van der Waals surface area contributed by atoms with Gasteiger partial charge in [0.25, 0.3) is 0 Å². The summed E-state index contributed by atoms with van der Waals surface area (Å²) in [5.41, 5.74) is 5.92. The molecule has 4 heteroatoms. The van der Waals surface area contributed by atoms with Crippen molar-refractivity contribution in [2.75, 3.05) is 0 Å². The molecule has 0 amide bonds. The lowest BCUT2D eigenvalue weighted by molar-refractivity contribution is 0.0980. The van der Waals surface area contributed by atoms with Crippen LogP contribution < -0.4 is 5.73 Å². The Balaban J connectivity index is 2.54. The van der Waals surface area contributed by atoms with E-state index in [1.54, 1.807) is 12.3 Å². The molecule has 0 unspecified atom stereocenters. The first-order valence-electron chi connectivity index (χ1n) is 4.35. The van der Waals surface area contributed by atoms with Crippen molar-refractivity contribution in [3.05, 3.63) is 16.1 Å². The van der Waals surface area contributed by atoms with Gasteiger partial charge in [0, 0.05) is 24.8 Å². The van der Waals surface area contributed by atoms with E-state index in [1.807, 2.05) is 0 Å². The molecule has 2 N–H and O–H groups in total. The van der Waals surface area contributed by atoms with Crippen molar-refractivity contribution in [2.45, 2.75) is 26.3 Å². The Labute approximate surface area is 87.3 Å². The second kappa shape index (κ2) is 5.53. The molecule has 1 aromatic heterocycles. The Kier molecular flexibility index (Phi) is 4.30. The van der Waals surface area contributed by atoms with Crippen molar-refractivity contribution < 1.29 is 4.79 Å². The fourth-order valence-electron chi connectivity index (χ4n) is 0.962. The van der Waals surface area contributed by atoms with E-state index in [-0.39, 0.29) is 5.78 Å². The summed E-state index contributed by atoms with van der Waals surface area (Å²) < 4.78 is 0. The molecule has 14 heavy (non-hydrogen) atoms. The number of Topliss-reactive ketones (excluding diaryl/α,β-unsaturated/α-hetero) is 1. The fraction of sp³-hybridized carbons (Fsp3) is 0.400. The van der Waals surface area contributed by atoms with Crippen LogP contribution in [0.2, 0.25) is 0 Å². The van der Waals surface area contributed by atoms with Gasteiger partial charge in [-0.25, -0.2) is 4.98 Å². The Morgan fingerprint density at radius 2 is 2.50 bits per heavy atom.